The number of anilines is 1. The molecule has 2 aliphatic heterocycles. The molecule has 1 aromatic rings. The number of hydrogen-bond acceptors (Lipinski definition) is 17. The van der Waals surface area contributed by atoms with E-state index in [1.54, 1.807) is 12.2 Å². The molecular formula is C50H77N3O17P2. The van der Waals surface area contributed by atoms with Crippen LogP contribution in [-0.4, -0.2) is 103 Å². The number of fused-ring (bicyclic) bond motifs is 3. The molecule has 0 radical (unpaired) electrons. The summed E-state index contributed by atoms with van der Waals surface area (Å²) < 4.78 is 59.0. The number of aromatic nitrogens is 2. The average molecular weight is 1050 g/mol. The molecule has 0 aliphatic carbocycles. The second-order valence-corrected chi connectivity index (χ2v) is 20.6. The second-order valence-electron chi connectivity index (χ2n) is 17.6. The first-order valence-corrected chi connectivity index (χ1v) is 28.0. The monoisotopic (exact) mass is 1050 g/mol. The summed E-state index contributed by atoms with van der Waals surface area (Å²) in [6.45, 7) is 1.41. The van der Waals surface area contributed by atoms with E-state index in [4.69, 9.17) is 29.0 Å². The van der Waals surface area contributed by atoms with Gasteiger partial charge in [-0.1, -0.05) is 119 Å². The Morgan fingerprint density at radius 2 is 1.60 bits per heavy atom. The number of nitrogens with two attached hydrogens (primary N) is 1. The third kappa shape index (κ3) is 25.2. The van der Waals surface area contributed by atoms with Crippen molar-refractivity contribution in [3.63, 3.8) is 0 Å². The van der Waals surface area contributed by atoms with Crippen molar-refractivity contribution in [2.45, 2.75) is 166 Å². The fourth-order valence-corrected chi connectivity index (χ4v) is 9.64. The van der Waals surface area contributed by atoms with Crippen molar-refractivity contribution >= 4 is 39.2 Å². The van der Waals surface area contributed by atoms with Gasteiger partial charge in [-0.3, -0.25) is 28.0 Å². The highest BCUT2D eigenvalue weighted by molar-refractivity contribution is 7.61. The van der Waals surface area contributed by atoms with Gasteiger partial charge in [0.25, 0.3) is 0 Å². The number of nitrogens with zero attached hydrogens (tertiary/aromatic N) is 2. The van der Waals surface area contributed by atoms with E-state index >= 15 is 0 Å². The molecule has 0 fully saturated rings. The Labute approximate surface area is 422 Å². The molecule has 20 nitrogen and oxygen atoms in total. The van der Waals surface area contributed by atoms with E-state index < -0.39 is 107 Å². The van der Waals surface area contributed by atoms with E-state index in [-0.39, 0.29) is 31.5 Å². The predicted octanol–water partition coefficient (Wildman–Crippen LogP) is 7.73. The van der Waals surface area contributed by atoms with Crippen LogP contribution >= 0.6 is 15.6 Å². The average Bonchev–Trinajstić information content (AvgIpc) is 3.32. The highest BCUT2D eigenvalue weighted by atomic mass is 31.3. The lowest BCUT2D eigenvalue weighted by Crippen LogP contribution is -2.49. The molecule has 2 bridgehead atoms. The number of hydrogen-bond donors (Lipinski definition) is 6. The van der Waals surface area contributed by atoms with Crippen molar-refractivity contribution in [1.29, 1.82) is 0 Å². The zero-order valence-electron chi connectivity index (χ0n) is 41.6. The molecule has 2 unspecified atom stereocenters. The molecule has 1 aromatic heterocycles. The van der Waals surface area contributed by atoms with Crippen molar-refractivity contribution in [3.05, 3.63) is 95.7 Å². The molecule has 0 amide bonds. The first-order chi connectivity index (χ1) is 34.4. The summed E-state index contributed by atoms with van der Waals surface area (Å²) in [5.41, 5.74) is 4.83. The van der Waals surface area contributed by atoms with Gasteiger partial charge in [0.05, 0.1) is 31.3 Å². The fraction of sp³-hybridized carbons (Fsp3) is 0.620. The molecule has 0 aromatic carbocycles. The number of cyclic esters (lactones) is 1. The maximum Gasteiger partial charge on any atom is 0.481 e. The number of nitrogen functional groups attached to an aromatic ring is 1. The Kier molecular flexibility index (Phi) is 29.6. The smallest absolute Gasteiger partial charge is 0.462 e. The Morgan fingerprint density at radius 1 is 0.903 bits per heavy atom. The number of allylic oxidation sites excluding steroid dienone is 9. The molecule has 404 valence electrons. The van der Waals surface area contributed by atoms with Crippen LogP contribution in [0.4, 0.5) is 5.82 Å². The number of esters is 2. The highest BCUT2D eigenvalue weighted by Gasteiger charge is 2.42. The molecule has 22 heteroatoms. The van der Waals surface area contributed by atoms with Gasteiger partial charge in [-0.15, -0.1) is 0 Å². The summed E-state index contributed by atoms with van der Waals surface area (Å²) in [6.07, 6.45) is 23.8. The molecule has 0 saturated carbocycles. The largest absolute Gasteiger partial charge is 0.481 e. The lowest BCUT2D eigenvalue weighted by Gasteiger charge is -2.36. The predicted molar refractivity (Wildman–Crippen MR) is 270 cm³/mol. The Morgan fingerprint density at radius 3 is 2.32 bits per heavy atom. The second kappa shape index (κ2) is 34.3. The number of aliphatic hydroxyl groups excluding tert-OH is 3. The van der Waals surface area contributed by atoms with Crippen LogP contribution in [0, 0.1) is 11.8 Å². The summed E-state index contributed by atoms with van der Waals surface area (Å²) in [7, 11) is -11.3. The van der Waals surface area contributed by atoms with Gasteiger partial charge in [0.2, 0.25) is 0 Å². The maximum absolute atomic E-state index is 13.8. The van der Waals surface area contributed by atoms with Gasteiger partial charge in [-0.2, -0.15) is 9.29 Å². The van der Waals surface area contributed by atoms with E-state index in [2.05, 4.69) is 52.7 Å². The van der Waals surface area contributed by atoms with Crippen LogP contribution in [0.5, 0.6) is 0 Å². The van der Waals surface area contributed by atoms with E-state index in [1.165, 1.54) is 30.5 Å². The van der Waals surface area contributed by atoms with Crippen LogP contribution in [-0.2, 0) is 51.1 Å². The third-order valence-electron chi connectivity index (χ3n) is 11.5. The Bertz CT molecular complexity index is 2140. The van der Waals surface area contributed by atoms with Crippen LogP contribution < -0.4 is 11.4 Å². The number of ether oxygens (including phenoxy) is 3. The fourth-order valence-electron chi connectivity index (χ4n) is 7.53. The number of carbonyl (C=O) groups excluding carboxylic acids is 3. The van der Waals surface area contributed by atoms with Crippen LogP contribution in [0.15, 0.2) is 90.0 Å². The lowest BCUT2D eigenvalue weighted by molar-refractivity contribution is -0.167. The summed E-state index contributed by atoms with van der Waals surface area (Å²) in [5.74, 6) is -4.72. The summed E-state index contributed by atoms with van der Waals surface area (Å²) >= 11 is 0. The SMILES string of the molecule is CC/C=C\C/C=C\C/C=C\CCCCCCCC(=O)O[C@@H]1COC(=O)CCC/C=C\C[C@H]2/C=C\C(=O)[C@H](/C=C/[C@@H](O)CCCCC)[C@H](O)[C@H](O)[C@@H](COP(=O)(O)OP(=O)(O)OC1)O[C@H]2n1ccc(N)nc1=O. The van der Waals surface area contributed by atoms with Gasteiger partial charge < -0.3 is 45.1 Å². The summed E-state index contributed by atoms with van der Waals surface area (Å²) in [5, 5.41) is 33.8. The molecule has 3 heterocycles. The highest BCUT2D eigenvalue weighted by Crippen LogP contribution is 2.60. The first-order valence-electron chi connectivity index (χ1n) is 25.0. The topological polar surface area (TPSA) is 303 Å². The van der Waals surface area contributed by atoms with Crippen molar-refractivity contribution in [2.75, 3.05) is 25.6 Å². The Balaban J connectivity index is 1.80. The van der Waals surface area contributed by atoms with Gasteiger partial charge in [0.15, 0.2) is 11.9 Å². The minimum Gasteiger partial charge on any atom is -0.462 e. The zero-order valence-corrected chi connectivity index (χ0v) is 43.3. The standard InChI is InChI=1S/C50H77N3O17P2/c1-3-5-7-8-9-10-11-12-13-14-15-16-17-18-24-28-46(57)68-40-35-65-45(56)27-23-20-19-22-25-38-29-32-42(55)41(31-30-39(54)26-21-6-4-2)47(58)48(59)43(37-67-72(63,64)70-71(61,62)66-36-40)69-49(38)53-34-33-44(51)52-50(53)60/h5,7,9-10,12-13,19,22,29-34,38-41,43,47-49,54,58-59H,3-4,6,8,11,14-18,20-21,23-28,35-37H2,1-2H3,(H,61,62)(H,63,64)(H2,51,52,60)/b7-5-,10-9-,13-12-,22-19-,31-30+,32-29-/t38-,39-,40+,41-,43+,47-,48+,49+/m0/s1. The number of phosphoric acid groups is 2. The van der Waals surface area contributed by atoms with E-state index in [0.717, 1.165) is 74.9 Å². The van der Waals surface area contributed by atoms with Gasteiger partial charge in [-0.25, -0.2) is 13.9 Å². The number of phosphoric ester groups is 2. The zero-order chi connectivity index (χ0) is 52.8. The van der Waals surface area contributed by atoms with Crippen molar-refractivity contribution in [2.24, 2.45) is 11.8 Å². The van der Waals surface area contributed by atoms with Crippen LogP contribution in [0.3, 0.4) is 0 Å². The summed E-state index contributed by atoms with van der Waals surface area (Å²) in [6, 6.07) is 1.28. The first kappa shape index (κ1) is 62.1. The quantitative estimate of drug-likeness (QED) is 0.0297. The van der Waals surface area contributed by atoms with E-state index in [0.29, 0.717) is 25.7 Å². The van der Waals surface area contributed by atoms with Crippen LogP contribution in [0.2, 0.25) is 0 Å². The number of unbranched alkanes of at least 4 members (excludes halogenated alkanes) is 7. The molecule has 10 atom stereocenters. The molecule has 7 N–H and O–H groups in total. The molecule has 0 spiro atoms. The summed E-state index contributed by atoms with van der Waals surface area (Å²) in [4.78, 5) is 77.9. The molecule has 72 heavy (non-hydrogen) atoms. The molecule has 2 aliphatic rings. The normalized spacial score (nSPS) is 29.3. The number of aliphatic hydroxyl groups is 3. The van der Waals surface area contributed by atoms with Crippen LogP contribution in [0.1, 0.15) is 136 Å². The molecule has 0 saturated heterocycles. The van der Waals surface area contributed by atoms with Crippen molar-refractivity contribution in [3.8, 4) is 0 Å². The van der Waals surface area contributed by atoms with Crippen molar-refractivity contribution in [1.82, 2.24) is 9.55 Å². The maximum atomic E-state index is 13.8. The minimum absolute atomic E-state index is 0.0135. The number of carbonyl (C=O) groups is 3. The number of rotatable bonds is 21. The minimum atomic E-state index is -5.68. The Hall–Kier alpha value is -4.17. The van der Waals surface area contributed by atoms with E-state index in [1.807, 2.05) is 6.92 Å². The van der Waals surface area contributed by atoms with Gasteiger partial charge in [0, 0.05) is 25.0 Å². The third-order valence-corrected chi connectivity index (χ3v) is 14.1. The molecular weight excluding hydrogens is 977 g/mol. The number of ketones is 1. The van der Waals surface area contributed by atoms with Crippen molar-refractivity contribution < 1.29 is 76.2 Å². The molecule has 3 rings (SSSR count). The van der Waals surface area contributed by atoms with Gasteiger partial charge >= 0.3 is 33.3 Å². The van der Waals surface area contributed by atoms with Gasteiger partial charge in [-0.05, 0) is 76.4 Å². The van der Waals surface area contributed by atoms with Crippen LogP contribution in [0.25, 0.3) is 0 Å². The van der Waals surface area contributed by atoms with E-state index in [9.17, 15) is 53.4 Å². The van der Waals surface area contributed by atoms with Gasteiger partial charge in [0.1, 0.15) is 30.9 Å². The lowest BCUT2D eigenvalue weighted by atomic mass is 9.88.